The van der Waals surface area contributed by atoms with Crippen LogP contribution in [0.25, 0.3) is 0 Å². The number of nitro benzene ring substituents is 1. The van der Waals surface area contributed by atoms with Crippen LogP contribution in [0.1, 0.15) is 24.8 Å². The van der Waals surface area contributed by atoms with Crippen LogP contribution in [0.15, 0.2) is 24.3 Å². The quantitative estimate of drug-likeness (QED) is 0.634. The van der Waals surface area contributed by atoms with Crippen LogP contribution < -0.4 is 10.6 Å². The molecule has 1 heterocycles. The second kappa shape index (κ2) is 6.29. The summed E-state index contributed by atoms with van der Waals surface area (Å²) in [4.78, 5) is 22.1. The summed E-state index contributed by atoms with van der Waals surface area (Å²) in [5.74, 6) is -0.0359. The smallest absolute Gasteiger partial charge is 0.269 e. The molecule has 0 aromatic heterocycles. The predicted molar refractivity (Wildman–Crippen MR) is 70.6 cm³/mol. The molecule has 0 saturated carbocycles. The highest BCUT2D eigenvalue weighted by Crippen LogP contribution is 2.13. The molecule has 1 atom stereocenters. The molecular weight excluding hydrogens is 246 g/mol. The minimum Gasteiger partial charge on any atom is -0.351 e. The first-order valence-electron chi connectivity index (χ1n) is 6.41. The molecule has 1 aliphatic heterocycles. The predicted octanol–water partition coefficient (Wildman–Crippen LogP) is 1.35. The first kappa shape index (κ1) is 13.5. The zero-order valence-corrected chi connectivity index (χ0v) is 10.6. The van der Waals surface area contributed by atoms with Gasteiger partial charge in [0.25, 0.3) is 5.69 Å². The van der Waals surface area contributed by atoms with Gasteiger partial charge in [0.05, 0.1) is 11.0 Å². The Bertz CT molecular complexity index is 470. The Balaban J connectivity index is 1.89. The van der Waals surface area contributed by atoms with Gasteiger partial charge in [0.2, 0.25) is 5.91 Å². The van der Waals surface area contributed by atoms with Gasteiger partial charge in [-0.25, -0.2) is 0 Å². The molecule has 6 nitrogen and oxygen atoms in total. The summed E-state index contributed by atoms with van der Waals surface area (Å²) in [6.07, 6.45) is 3.01. The van der Waals surface area contributed by atoms with Crippen molar-refractivity contribution in [1.82, 2.24) is 10.6 Å². The van der Waals surface area contributed by atoms with Crippen molar-refractivity contribution in [2.24, 2.45) is 0 Å². The van der Waals surface area contributed by atoms with Gasteiger partial charge in [-0.1, -0.05) is 18.6 Å². The van der Waals surface area contributed by atoms with Crippen molar-refractivity contribution < 1.29 is 9.72 Å². The molecule has 0 radical (unpaired) electrons. The fraction of sp³-hybridized carbons (Fsp3) is 0.462. The number of nitrogens with one attached hydrogen (secondary N) is 2. The van der Waals surface area contributed by atoms with E-state index in [1.807, 2.05) is 0 Å². The van der Waals surface area contributed by atoms with Crippen molar-refractivity contribution >= 4 is 11.6 Å². The molecule has 0 spiro atoms. The van der Waals surface area contributed by atoms with Gasteiger partial charge in [-0.15, -0.1) is 0 Å². The number of rotatable bonds is 4. The number of carbonyl (C=O) groups is 1. The number of carbonyl (C=O) groups excluding carboxylic acids is 1. The molecule has 0 bridgehead atoms. The van der Waals surface area contributed by atoms with Crippen LogP contribution in [-0.4, -0.2) is 23.4 Å². The summed E-state index contributed by atoms with van der Waals surface area (Å²) in [6.45, 7) is 1.19. The molecule has 1 amide bonds. The molecule has 0 unspecified atom stereocenters. The van der Waals surface area contributed by atoms with Crippen molar-refractivity contribution in [2.45, 2.75) is 31.8 Å². The Hall–Kier alpha value is -1.95. The molecule has 1 fully saturated rings. The Labute approximate surface area is 111 Å². The summed E-state index contributed by atoms with van der Waals surface area (Å²) < 4.78 is 0. The Morgan fingerprint density at radius 2 is 2.32 bits per heavy atom. The molecule has 1 aliphatic rings. The number of piperidine rings is 1. The standard InChI is InChI=1S/C13H17N3O3/c17-13(12-6-1-2-7-14-12)15-9-10-4-3-5-11(8-10)16(18)19/h3-5,8,12,14H,1-2,6-7,9H2,(H,15,17)/t12-/m1/s1. The number of hydrogen-bond acceptors (Lipinski definition) is 4. The topological polar surface area (TPSA) is 84.3 Å². The highest BCUT2D eigenvalue weighted by Gasteiger charge is 2.19. The normalized spacial score (nSPS) is 18.8. The minimum atomic E-state index is -0.436. The Kier molecular flexibility index (Phi) is 4.46. The van der Waals surface area contributed by atoms with Crippen LogP contribution in [0, 0.1) is 10.1 Å². The lowest BCUT2D eigenvalue weighted by atomic mass is 10.0. The monoisotopic (exact) mass is 263 g/mol. The van der Waals surface area contributed by atoms with Gasteiger partial charge in [-0.2, -0.15) is 0 Å². The van der Waals surface area contributed by atoms with E-state index in [1.54, 1.807) is 12.1 Å². The highest BCUT2D eigenvalue weighted by atomic mass is 16.6. The molecule has 19 heavy (non-hydrogen) atoms. The zero-order valence-electron chi connectivity index (χ0n) is 10.6. The van der Waals surface area contributed by atoms with Crippen molar-refractivity contribution in [2.75, 3.05) is 6.54 Å². The maximum absolute atomic E-state index is 11.9. The van der Waals surface area contributed by atoms with Gasteiger partial charge in [0.15, 0.2) is 0 Å². The van der Waals surface area contributed by atoms with Crippen LogP contribution in [0.3, 0.4) is 0 Å². The number of benzene rings is 1. The molecule has 102 valence electrons. The molecule has 0 aliphatic carbocycles. The average molecular weight is 263 g/mol. The van der Waals surface area contributed by atoms with E-state index in [2.05, 4.69) is 10.6 Å². The number of hydrogen-bond donors (Lipinski definition) is 2. The number of non-ortho nitro benzene ring substituents is 1. The largest absolute Gasteiger partial charge is 0.351 e. The molecule has 2 N–H and O–H groups in total. The summed E-state index contributed by atoms with van der Waals surface area (Å²) in [6, 6.07) is 6.18. The SMILES string of the molecule is O=C(NCc1cccc([N+](=O)[O-])c1)[C@H]1CCCCN1. The molecule has 6 heteroatoms. The van der Waals surface area contributed by atoms with Crippen LogP contribution in [0.4, 0.5) is 5.69 Å². The van der Waals surface area contributed by atoms with E-state index < -0.39 is 4.92 Å². The van der Waals surface area contributed by atoms with Gasteiger partial charge in [0.1, 0.15) is 0 Å². The van der Waals surface area contributed by atoms with Gasteiger partial charge >= 0.3 is 0 Å². The first-order valence-corrected chi connectivity index (χ1v) is 6.41. The maximum Gasteiger partial charge on any atom is 0.269 e. The van der Waals surface area contributed by atoms with Crippen molar-refractivity contribution in [3.63, 3.8) is 0 Å². The van der Waals surface area contributed by atoms with Gasteiger partial charge in [-0.3, -0.25) is 14.9 Å². The van der Waals surface area contributed by atoms with E-state index in [9.17, 15) is 14.9 Å². The number of nitrogens with zero attached hydrogens (tertiary/aromatic N) is 1. The van der Waals surface area contributed by atoms with Crippen LogP contribution >= 0.6 is 0 Å². The minimum absolute atomic E-state index is 0.0359. The fourth-order valence-electron chi connectivity index (χ4n) is 2.17. The lowest BCUT2D eigenvalue weighted by Crippen LogP contribution is -2.46. The third kappa shape index (κ3) is 3.75. The molecule has 1 aromatic carbocycles. The molecular formula is C13H17N3O3. The van der Waals surface area contributed by atoms with Crippen molar-refractivity contribution in [3.8, 4) is 0 Å². The van der Waals surface area contributed by atoms with Gasteiger partial charge in [-0.05, 0) is 24.9 Å². The Morgan fingerprint density at radius 3 is 3.00 bits per heavy atom. The lowest BCUT2D eigenvalue weighted by molar-refractivity contribution is -0.384. The highest BCUT2D eigenvalue weighted by molar-refractivity contribution is 5.81. The number of amides is 1. The number of nitro groups is 1. The first-order chi connectivity index (χ1) is 9.16. The molecule has 1 aromatic rings. The van der Waals surface area contributed by atoms with E-state index in [-0.39, 0.29) is 17.6 Å². The maximum atomic E-state index is 11.9. The van der Waals surface area contributed by atoms with Crippen LogP contribution in [0.2, 0.25) is 0 Å². The van der Waals surface area contributed by atoms with Crippen LogP contribution in [-0.2, 0) is 11.3 Å². The zero-order chi connectivity index (χ0) is 13.7. The second-order valence-corrected chi connectivity index (χ2v) is 4.65. The third-order valence-electron chi connectivity index (χ3n) is 3.21. The summed E-state index contributed by atoms with van der Waals surface area (Å²) in [5, 5.41) is 16.6. The third-order valence-corrected chi connectivity index (χ3v) is 3.21. The Morgan fingerprint density at radius 1 is 1.47 bits per heavy atom. The molecule has 1 saturated heterocycles. The van der Waals surface area contributed by atoms with Crippen molar-refractivity contribution in [3.05, 3.63) is 39.9 Å². The van der Waals surface area contributed by atoms with E-state index in [0.29, 0.717) is 6.54 Å². The summed E-state index contributed by atoms with van der Waals surface area (Å²) in [5.41, 5.74) is 0.779. The lowest BCUT2D eigenvalue weighted by Gasteiger charge is -2.22. The summed E-state index contributed by atoms with van der Waals surface area (Å²) >= 11 is 0. The summed E-state index contributed by atoms with van der Waals surface area (Å²) in [7, 11) is 0. The van der Waals surface area contributed by atoms with E-state index >= 15 is 0 Å². The van der Waals surface area contributed by atoms with E-state index in [4.69, 9.17) is 0 Å². The average Bonchev–Trinajstić information content (AvgIpc) is 2.46. The van der Waals surface area contributed by atoms with Crippen LogP contribution in [0.5, 0.6) is 0 Å². The fourth-order valence-corrected chi connectivity index (χ4v) is 2.17. The molecule has 2 rings (SSSR count). The van der Waals surface area contributed by atoms with Gasteiger partial charge < -0.3 is 10.6 Å². The van der Waals surface area contributed by atoms with Crippen molar-refractivity contribution in [1.29, 1.82) is 0 Å². The van der Waals surface area contributed by atoms with Gasteiger partial charge in [0, 0.05) is 18.7 Å². The second-order valence-electron chi connectivity index (χ2n) is 4.65. The van der Waals surface area contributed by atoms with E-state index in [0.717, 1.165) is 31.4 Å². The van der Waals surface area contributed by atoms with E-state index in [1.165, 1.54) is 12.1 Å².